The van der Waals surface area contributed by atoms with Crippen LogP contribution in [0.15, 0.2) is 54.6 Å². The molecule has 1 nitrogen and oxygen atoms in total. The van der Waals surface area contributed by atoms with E-state index in [-0.39, 0.29) is 5.78 Å². The Bertz CT molecular complexity index is 935. The van der Waals surface area contributed by atoms with Gasteiger partial charge in [-0.2, -0.15) is 0 Å². The molecule has 2 heteroatoms. The topological polar surface area (TPSA) is 17.1 Å². The molecule has 118 valence electrons. The van der Waals surface area contributed by atoms with E-state index < -0.39 is 0 Å². The highest BCUT2D eigenvalue weighted by Gasteiger charge is 2.19. The van der Waals surface area contributed by atoms with E-state index >= 15 is 0 Å². The van der Waals surface area contributed by atoms with Crippen LogP contribution in [0, 0.1) is 32.6 Å². The lowest BCUT2D eigenvalue weighted by atomic mass is 9.99. The van der Waals surface area contributed by atoms with E-state index in [1.54, 1.807) is 11.3 Å². The second kappa shape index (κ2) is 6.86. The number of hydrogen-bond acceptors (Lipinski definition) is 2. The van der Waals surface area contributed by atoms with Gasteiger partial charge in [-0.15, -0.1) is 11.3 Å². The van der Waals surface area contributed by atoms with Crippen LogP contribution in [0.3, 0.4) is 0 Å². The Kier molecular flexibility index (Phi) is 4.64. The van der Waals surface area contributed by atoms with Gasteiger partial charge in [-0.1, -0.05) is 53.9 Å². The molecule has 0 unspecified atom stereocenters. The Labute approximate surface area is 147 Å². The number of aryl methyl sites for hydroxylation is 2. The van der Waals surface area contributed by atoms with Crippen molar-refractivity contribution in [1.82, 2.24) is 0 Å². The van der Waals surface area contributed by atoms with Gasteiger partial charge in [0.05, 0.1) is 10.4 Å². The van der Waals surface area contributed by atoms with Gasteiger partial charge in [-0.3, -0.25) is 4.79 Å². The molecule has 2 aromatic carbocycles. The van der Waals surface area contributed by atoms with Gasteiger partial charge >= 0.3 is 0 Å². The van der Waals surface area contributed by atoms with Gasteiger partial charge in [0.1, 0.15) is 0 Å². The van der Waals surface area contributed by atoms with Crippen molar-refractivity contribution in [3.63, 3.8) is 0 Å². The second-order valence-corrected chi connectivity index (χ2v) is 7.02. The van der Waals surface area contributed by atoms with Crippen LogP contribution in [-0.4, -0.2) is 5.78 Å². The molecule has 24 heavy (non-hydrogen) atoms. The fourth-order valence-electron chi connectivity index (χ4n) is 2.49. The summed E-state index contributed by atoms with van der Waals surface area (Å²) < 4.78 is 0. The standard InChI is InChI=1S/C22H18OS/c1-15-9-12-19(13-10-15)22(23)21-16(2)17(3)24-20(21)14-11-18-7-5-4-6-8-18/h4-10,12-13H,1-3H3. The number of hydrogen-bond donors (Lipinski definition) is 0. The van der Waals surface area contributed by atoms with Gasteiger partial charge in [0.15, 0.2) is 5.78 Å². The molecule has 0 aliphatic carbocycles. The zero-order valence-corrected chi connectivity index (χ0v) is 14.8. The van der Waals surface area contributed by atoms with E-state index in [4.69, 9.17) is 0 Å². The van der Waals surface area contributed by atoms with Gasteiger partial charge < -0.3 is 0 Å². The number of rotatable bonds is 2. The molecule has 0 atom stereocenters. The van der Waals surface area contributed by atoms with Gasteiger partial charge in [0.25, 0.3) is 0 Å². The van der Waals surface area contributed by atoms with E-state index in [1.165, 1.54) is 0 Å². The minimum Gasteiger partial charge on any atom is -0.289 e. The van der Waals surface area contributed by atoms with Crippen molar-refractivity contribution in [2.24, 2.45) is 0 Å². The largest absolute Gasteiger partial charge is 0.289 e. The third-order valence-corrected chi connectivity index (χ3v) is 5.14. The molecule has 0 saturated heterocycles. The molecule has 3 aromatic rings. The molecule has 0 spiro atoms. The first-order valence-electron chi connectivity index (χ1n) is 7.84. The smallest absolute Gasteiger partial charge is 0.195 e. The molecule has 0 fully saturated rings. The Hall–Kier alpha value is -2.63. The molecule has 0 N–H and O–H groups in total. The molecule has 0 radical (unpaired) electrons. The lowest BCUT2D eigenvalue weighted by molar-refractivity contribution is 0.103. The molecule has 1 aromatic heterocycles. The van der Waals surface area contributed by atoms with Crippen molar-refractivity contribution < 1.29 is 4.79 Å². The molecule has 0 saturated carbocycles. The highest BCUT2D eigenvalue weighted by atomic mass is 32.1. The average Bonchev–Trinajstić information content (AvgIpc) is 2.88. The predicted molar refractivity (Wildman–Crippen MR) is 101 cm³/mol. The number of carbonyl (C=O) groups is 1. The van der Waals surface area contributed by atoms with Gasteiger partial charge in [-0.25, -0.2) is 0 Å². The quantitative estimate of drug-likeness (QED) is 0.460. The summed E-state index contributed by atoms with van der Waals surface area (Å²) >= 11 is 1.59. The van der Waals surface area contributed by atoms with Gasteiger partial charge in [0.2, 0.25) is 0 Å². The Morgan fingerprint density at radius 2 is 1.54 bits per heavy atom. The van der Waals surface area contributed by atoms with Crippen LogP contribution in [0.5, 0.6) is 0 Å². The summed E-state index contributed by atoms with van der Waals surface area (Å²) in [6.07, 6.45) is 0. The lowest BCUT2D eigenvalue weighted by Crippen LogP contribution is -2.04. The summed E-state index contributed by atoms with van der Waals surface area (Å²) in [7, 11) is 0. The predicted octanol–water partition coefficient (Wildman–Crippen LogP) is 5.30. The Morgan fingerprint density at radius 1 is 0.875 bits per heavy atom. The van der Waals surface area contributed by atoms with E-state index in [0.29, 0.717) is 5.56 Å². The van der Waals surface area contributed by atoms with E-state index in [2.05, 4.69) is 11.8 Å². The number of benzene rings is 2. The Balaban J connectivity index is 2.04. The average molecular weight is 330 g/mol. The van der Waals surface area contributed by atoms with Crippen molar-refractivity contribution in [3.05, 3.63) is 92.2 Å². The third-order valence-electron chi connectivity index (χ3n) is 4.02. The molecule has 0 aliphatic heterocycles. The minimum atomic E-state index is 0.0502. The molecular formula is C22H18OS. The molecule has 0 amide bonds. The summed E-state index contributed by atoms with van der Waals surface area (Å²) in [6, 6.07) is 17.6. The van der Waals surface area contributed by atoms with Crippen molar-refractivity contribution in [1.29, 1.82) is 0 Å². The monoisotopic (exact) mass is 330 g/mol. The van der Waals surface area contributed by atoms with Gasteiger partial charge in [0, 0.05) is 16.0 Å². The fraction of sp³-hybridized carbons (Fsp3) is 0.136. The Morgan fingerprint density at radius 3 is 2.21 bits per heavy atom. The maximum atomic E-state index is 13.0. The number of ketones is 1. The van der Waals surface area contributed by atoms with Crippen LogP contribution in [-0.2, 0) is 0 Å². The van der Waals surface area contributed by atoms with Crippen molar-refractivity contribution in [3.8, 4) is 11.8 Å². The summed E-state index contributed by atoms with van der Waals surface area (Å²) in [4.78, 5) is 15.0. The zero-order valence-electron chi connectivity index (χ0n) is 14.0. The summed E-state index contributed by atoms with van der Waals surface area (Å²) in [5.74, 6) is 6.42. The van der Waals surface area contributed by atoms with Crippen LogP contribution < -0.4 is 0 Å². The summed E-state index contributed by atoms with van der Waals surface area (Å²) in [5.41, 5.74) is 4.58. The highest BCUT2D eigenvalue weighted by molar-refractivity contribution is 7.13. The van der Waals surface area contributed by atoms with Crippen LogP contribution in [0.25, 0.3) is 0 Å². The van der Waals surface area contributed by atoms with Crippen molar-refractivity contribution in [2.45, 2.75) is 20.8 Å². The van der Waals surface area contributed by atoms with E-state index in [9.17, 15) is 4.79 Å². The van der Waals surface area contributed by atoms with Crippen LogP contribution >= 0.6 is 11.3 Å². The molecule has 0 bridgehead atoms. The highest BCUT2D eigenvalue weighted by Crippen LogP contribution is 2.29. The fourth-order valence-corrected chi connectivity index (χ4v) is 3.50. The lowest BCUT2D eigenvalue weighted by Gasteiger charge is -2.03. The first-order chi connectivity index (χ1) is 11.6. The SMILES string of the molecule is Cc1ccc(C(=O)c2c(C#Cc3ccccc3)sc(C)c2C)cc1. The maximum absolute atomic E-state index is 13.0. The second-order valence-electron chi connectivity index (χ2n) is 5.80. The zero-order chi connectivity index (χ0) is 17.1. The van der Waals surface area contributed by atoms with E-state index in [1.807, 2.05) is 75.4 Å². The molecule has 1 heterocycles. The third kappa shape index (κ3) is 3.32. The maximum Gasteiger partial charge on any atom is 0.195 e. The summed E-state index contributed by atoms with van der Waals surface area (Å²) in [5, 5.41) is 0. The van der Waals surface area contributed by atoms with Gasteiger partial charge in [-0.05, 0) is 44.4 Å². The van der Waals surface area contributed by atoms with E-state index in [0.717, 1.165) is 32.0 Å². The summed E-state index contributed by atoms with van der Waals surface area (Å²) in [6.45, 7) is 6.06. The van der Waals surface area contributed by atoms with Crippen LogP contribution in [0.2, 0.25) is 0 Å². The molecular weight excluding hydrogens is 312 g/mol. The minimum absolute atomic E-state index is 0.0502. The van der Waals surface area contributed by atoms with Crippen LogP contribution in [0.4, 0.5) is 0 Å². The number of carbonyl (C=O) groups excluding carboxylic acids is 1. The first-order valence-corrected chi connectivity index (χ1v) is 8.66. The molecule has 3 rings (SSSR count). The van der Waals surface area contributed by atoms with Crippen LogP contribution in [0.1, 0.15) is 42.4 Å². The van der Waals surface area contributed by atoms with Crippen molar-refractivity contribution in [2.75, 3.05) is 0 Å². The van der Waals surface area contributed by atoms with Crippen molar-refractivity contribution >= 4 is 17.1 Å². The molecule has 0 aliphatic rings. The number of thiophene rings is 1. The first kappa shape index (κ1) is 16.2. The normalized spacial score (nSPS) is 10.1.